The van der Waals surface area contributed by atoms with Gasteiger partial charge in [0.15, 0.2) is 5.58 Å². The molecule has 0 fully saturated rings. The minimum Gasteiger partial charge on any atom is -0.436 e. The zero-order valence-corrected chi connectivity index (χ0v) is 15.2. The molecule has 25 heavy (non-hydrogen) atoms. The van der Waals surface area contributed by atoms with Crippen molar-refractivity contribution < 1.29 is 9.21 Å². The first kappa shape index (κ1) is 15.8. The quantitative estimate of drug-likeness (QED) is 0.437. The summed E-state index contributed by atoms with van der Waals surface area (Å²) in [6, 6.07) is 22.6. The van der Waals surface area contributed by atoms with Crippen molar-refractivity contribution in [2.45, 2.75) is 0 Å². The molecule has 4 nitrogen and oxygen atoms in total. The normalized spacial score (nSPS) is 10.8. The summed E-state index contributed by atoms with van der Waals surface area (Å²) in [7, 11) is 0. The lowest BCUT2D eigenvalue weighted by Crippen LogP contribution is -2.11. The molecule has 0 saturated carbocycles. The van der Waals surface area contributed by atoms with E-state index in [1.165, 1.54) is 0 Å². The number of halogens is 1. The Balaban J connectivity index is 1.62. The first-order chi connectivity index (χ1) is 12.2. The zero-order valence-electron chi connectivity index (χ0n) is 13.1. The maximum Gasteiger partial charge on any atom is 0.255 e. The fourth-order valence-electron chi connectivity index (χ4n) is 2.54. The SMILES string of the molecule is O=C(Nc1ccc2nc(-c3ccccc3)oc2c1)c1cccc(I)c1. The molecule has 0 aliphatic rings. The Morgan fingerprint density at radius 2 is 1.80 bits per heavy atom. The van der Waals surface area contributed by atoms with E-state index < -0.39 is 0 Å². The fourth-order valence-corrected chi connectivity index (χ4v) is 3.08. The summed E-state index contributed by atoms with van der Waals surface area (Å²) in [4.78, 5) is 16.9. The van der Waals surface area contributed by atoms with E-state index in [0.29, 0.717) is 22.7 Å². The maximum absolute atomic E-state index is 12.4. The van der Waals surface area contributed by atoms with Crippen LogP contribution in [0.15, 0.2) is 77.2 Å². The maximum atomic E-state index is 12.4. The van der Waals surface area contributed by atoms with Crippen molar-refractivity contribution in [1.29, 1.82) is 0 Å². The summed E-state index contributed by atoms with van der Waals surface area (Å²) in [6.45, 7) is 0. The summed E-state index contributed by atoms with van der Waals surface area (Å²) in [5.74, 6) is 0.414. The van der Waals surface area contributed by atoms with Gasteiger partial charge in [-0.1, -0.05) is 24.3 Å². The number of amides is 1. The molecule has 1 aromatic heterocycles. The molecule has 4 aromatic rings. The number of oxazole rings is 1. The molecule has 1 heterocycles. The third-order valence-electron chi connectivity index (χ3n) is 3.75. The first-order valence-electron chi connectivity index (χ1n) is 7.72. The van der Waals surface area contributed by atoms with Gasteiger partial charge in [0, 0.05) is 26.5 Å². The Labute approximate surface area is 158 Å². The smallest absolute Gasteiger partial charge is 0.255 e. The van der Waals surface area contributed by atoms with Gasteiger partial charge in [0.2, 0.25) is 5.89 Å². The van der Waals surface area contributed by atoms with Crippen LogP contribution in [0.3, 0.4) is 0 Å². The number of carbonyl (C=O) groups excluding carboxylic acids is 1. The Hall–Kier alpha value is -2.67. The summed E-state index contributed by atoms with van der Waals surface area (Å²) in [6.07, 6.45) is 0. The van der Waals surface area contributed by atoms with Crippen molar-refractivity contribution in [3.63, 3.8) is 0 Å². The van der Waals surface area contributed by atoms with Crippen LogP contribution in [0.2, 0.25) is 0 Å². The molecule has 0 saturated heterocycles. The predicted octanol–water partition coefficient (Wildman–Crippen LogP) is 5.35. The van der Waals surface area contributed by atoms with E-state index in [-0.39, 0.29) is 5.91 Å². The van der Waals surface area contributed by atoms with Crippen LogP contribution in [0.25, 0.3) is 22.6 Å². The van der Waals surface area contributed by atoms with E-state index in [1.54, 1.807) is 12.1 Å². The number of aromatic nitrogens is 1. The topological polar surface area (TPSA) is 55.1 Å². The molecule has 3 aromatic carbocycles. The van der Waals surface area contributed by atoms with Gasteiger partial charge in [0.1, 0.15) is 5.52 Å². The summed E-state index contributed by atoms with van der Waals surface area (Å²) < 4.78 is 6.85. The lowest BCUT2D eigenvalue weighted by molar-refractivity contribution is 0.102. The second-order valence-corrected chi connectivity index (χ2v) is 6.78. The molecule has 0 aliphatic carbocycles. The van der Waals surface area contributed by atoms with Crippen molar-refractivity contribution in [3.8, 4) is 11.5 Å². The predicted molar refractivity (Wildman–Crippen MR) is 107 cm³/mol. The number of anilines is 1. The average Bonchev–Trinajstić information content (AvgIpc) is 3.06. The number of benzene rings is 3. The molecule has 0 unspecified atom stereocenters. The molecule has 4 rings (SSSR count). The molecule has 1 amide bonds. The molecule has 1 N–H and O–H groups in total. The molecule has 0 bridgehead atoms. The van der Waals surface area contributed by atoms with E-state index in [4.69, 9.17) is 4.42 Å². The standard InChI is InChI=1S/C20H13IN2O2/c21-15-8-4-7-14(11-15)19(24)22-16-9-10-17-18(12-16)25-20(23-17)13-5-2-1-3-6-13/h1-12H,(H,22,24). The van der Waals surface area contributed by atoms with Gasteiger partial charge in [-0.05, 0) is 65.1 Å². The van der Waals surface area contributed by atoms with E-state index in [2.05, 4.69) is 32.9 Å². The van der Waals surface area contributed by atoms with Crippen molar-refractivity contribution in [2.24, 2.45) is 0 Å². The second kappa shape index (κ2) is 6.68. The van der Waals surface area contributed by atoms with Crippen LogP contribution in [0, 0.1) is 3.57 Å². The number of nitrogens with zero attached hydrogens (tertiary/aromatic N) is 1. The van der Waals surface area contributed by atoms with Gasteiger partial charge in [-0.3, -0.25) is 4.79 Å². The number of hydrogen-bond donors (Lipinski definition) is 1. The van der Waals surface area contributed by atoms with Crippen LogP contribution in [-0.2, 0) is 0 Å². The number of nitrogens with one attached hydrogen (secondary N) is 1. The summed E-state index contributed by atoms with van der Waals surface area (Å²) >= 11 is 2.19. The van der Waals surface area contributed by atoms with Crippen LogP contribution in [-0.4, -0.2) is 10.9 Å². The number of fused-ring (bicyclic) bond motifs is 1. The summed E-state index contributed by atoms with van der Waals surface area (Å²) in [5, 5.41) is 2.90. The van der Waals surface area contributed by atoms with Crippen LogP contribution in [0.5, 0.6) is 0 Å². The van der Waals surface area contributed by atoms with E-state index in [1.807, 2.05) is 60.7 Å². The number of carbonyl (C=O) groups is 1. The number of rotatable bonds is 3. The average molecular weight is 440 g/mol. The van der Waals surface area contributed by atoms with Gasteiger partial charge in [0.25, 0.3) is 5.91 Å². The van der Waals surface area contributed by atoms with Gasteiger partial charge < -0.3 is 9.73 Å². The van der Waals surface area contributed by atoms with Gasteiger partial charge in [0.05, 0.1) is 0 Å². The highest BCUT2D eigenvalue weighted by molar-refractivity contribution is 14.1. The molecule has 0 spiro atoms. The number of hydrogen-bond acceptors (Lipinski definition) is 3. The monoisotopic (exact) mass is 440 g/mol. The molecular weight excluding hydrogens is 427 g/mol. The van der Waals surface area contributed by atoms with Crippen molar-refractivity contribution in [1.82, 2.24) is 4.98 Å². The second-order valence-electron chi connectivity index (χ2n) is 5.53. The zero-order chi connectivity index (χ0) is 17.2. The first-order valence-corrected chi connectivity index (χ1v) is 8.80. The molecular formula is C20H13IN2O2. The van der Waals surface area contributed by atoms with E-state index >= 15 is 0 Å². The van der Waals surface area contributed by atoms with Gasteiger partial charge >= 0.3 is 0 Å². The highest BCUT2D eigenvalue weighted by Crippen LogP contribution is 2.26. The Morgan fingerprint density at radius 3 is 2.60 bits per heavy atom. The van der Waals surface area contributed by atoms with Crippen LogP contribution < -0.4 is 5.32 Å². The minimum atomic E-state index is -0.152. The molecule has 0 atom stereocenters. The Morgan fingerprint density at radius 1 is 0.960 bits per heavy atom. The minimum absolute atomic E-state index is 0.152. The fraction of sp³-hybridized carbons (Fsp3) is 0. The van der Waals surface area contributed by atoms with Crippen LogP contribution in [0.1, 0.15) is 10.4 Å². The van der Waals surface area contributed by atoms with Crippen LogP contribution >= 0.6 is 22.6 Å². The largest absolute Gasteiger partial charge is 0.436 e. The molecule has 5 heteroatoms. The van der Waals surface area contributed by atoms with Gasteiger partial charge in [-0.2, -0.15) is 0 Å². The highest BCUT2D eigenvalue weighted by Gasteiger charge is 2.11. The third kappa shape index (κ3) is 3.41. The molecule has 0 radical (unpaired) electrons. The van der Waals surface area contributed by atoms with Crippen LogP contribution in [0.4, 0.5) is 5.69 Å². The third-order valence-corrected chi connectivity index (χ3v) is 4.42. The van der Waals surface area contributed by atoms with E-state index in [0.717, 1.165) is 14.7 Å². The lowest BCUT2D eigenvalue weighted by Gasteiger charge is -2.05. The van der Waals surface area contributed by atoms with Gasteiger partial charge in [-0.25, -0.2) is 4.98 Å². The van der Waals surface area contributed by atoms with Crippen molar-refractivity contribution >= 4 is 45.3 Å². The lowest BCUT2D eigenvalue weighted by atomic mass is 10.2. The molecule has 122 valence electrons. The summed E-state index contributed by atoms with van der Waals surface area (Å²) in [5.41, 5.74) is 3.61. The van der Waals surface area contributed by atoms with Gasteiger partial charge in [-0.15, -0.1) is 0 Å². The Bertz CT molecular complexity index is 1060. The van der Waals surface area contributed by atoms with Crippen molar-refractivity contribution in [3.05, 3.63) is 81.9 Å². The molecule has 0 aliphatic heterocycles. The van der Waals surface area contributed by atoms with Crippen molar-refractivity contribution in [2.75, 3.05) is 5.32 Å². The Kier molecular flexibility index (Phi) is 4.23. The van der Waals surface area contributed by atoms with E-state index in [9.17, 15) is 4.79 Å². The highest BCUT2D eigenvalue weighted by atomic mass is 127.